The largest absolute Gasteiger partial charge is 0.319 e. The van der Waals surface area contributed by atoms with E-state index >= 15 is 0 Å². The number of likely N-dealkylation sites (N-methyl/N-ethyl adjacent to an activating group) is 1. The van der Waals surface area contributed by atoms with Crippen molar-refractivity contribution in [2.24, 2.45) is 0 Å². The van der Waals surface area contributed by atoms with Crippen molar-refractivity contribution in [2.45, 2.75) is 13.3 Å². The van der Waals surface area contributed by atoms with E-state index in [0.717, 1.165) is 13.0 Å². The highest BCUT2D eigenvalue weighted by molar-refractivity contribution is 5.64. The van der Waals surface area contributed by atoms with Gasteiger partial charge < -0.3 is 5.32 Å². The maximum atomic E-state index is 3.18. The van der Waals surface area contributed by atoms with E-state index in [2.05, 4.69) is 60.8 Å². The summed E-state index contributed by atoms with van der Waals surface area (Å²) in [5.74, 6) is 0. The standard InChI is InChI=1S/C16H19N/c1-13-6-8-15(9-7-13)16-5-3-4-14(12-16)10-11-17-2/h3-9,12,17H,10-11H2,1-2H3. The second-order valence-electron chi connectivity index (χ2n) is 4.42. The highest BCUT2D eigenvalue weighted by Gasteiger charge is 1.99. The first-order valence-electron chi connectivity index (χ1n) is 6.10. The molecule has 0 aliphatic carbocycles. The average Bonchev–Trinajstić information content (AvgIpc) is 2.37. The zero-order chi connectivity index (χ0) is 12.1. The molecule has 0 saturated heterocycles. The van der Waals surface area contributed by atoms with Crippen molar-refractivity contribution in [3.8, 4) is 11.1 Å². The second-order valence-corrected chi connectivity index (χ2v) is 4.42. The van der Waals surface area contributed by atoms with Crippen molar-refractivity contribution in [3.05, 3.63) is 59.7 Å². The molecule has 0 atom stereocenters. The van der Waals surface area contributed by atoms with Crippen LogP contribution < -0.4 is 5.32 Å². The highest BCUT2D eigenvalue weighted by Crippen LogP contribution is 2.20. The molecule has 0 aliphatic rings. The third-order valence-electron chi connectivity index (χ3n) is 2.98. The van der Waals surface area contributed by atoms with Crippen LogP contribution in [0.4, 0.5) is 0 Å². The molecule has 0 radical (unpaired) electrons. The van der Waals surface area contributed by atoms with Crippen LogP contribution in [0, 0.1) is 6.92 Å². The van der Waals surface area contributed by atoms with Gasteiger partial charge in [-0.25, -0.2) is 0 Å². The average molecular weight is 225 g/mol. The topological polar surface area (TPSA) is 12.0 Å². The Kier molecular flexibility index (Phi) is 3.94. The van der Waals surface area contributed by atoms with E-state index in [4.69, 9.17) is 0 Å². The monoisotopic (exact) mass is 225 g/mol. The number of hydrogen-bond acceptors (Lipinski definition) is 1. The molecule has 88 valence electrons. The zero-order valence-corrected chi connectivity index (χ0v) is 10.5. The van der Waals surface area contributed by atoms with Crippen molar-refractivity contribution < 1.29 is 0 Å². The van der Waals surface area contributed by atoms with Gasteiger partial charge in [-0.2, -0.15) is 0 Å². The SMILES string of the molecule is CNCCc1cccc(-c2ccc(C)cc2)c1. The molecule has 2 aromatic rings. The van der Waals surface area contributed by atoms with Gasteiger partial charge in [-0.3, -0.25) is 0 Å². The lowest BCUT2D eigenvalue weighted by Gasteiger charge is -2.06. The van der Waals surface area contributed by atoms with E-state index in [1.165, 1.54) is 22.3 Å². The third-order valence-corrected chi connectivity index (χ3v) is 2.98. The fourth-order valence-electron chi connectivity index (χ4n) is 1.92. The summed E-state index contributed by atoms with van der Waals surface area (Å²) >= 11 is 0. The van der Waals surface area contributed by atoms with Crippen LogP contribution in [0.2, 0.25) is 0 Å². The van der Waals surface area contributed by atoms with Gasteiger partial charge in [0, 0.05) is 0 Å². The molecule has 0 fully saturated rings. The summed E-state index contributed by atoms with van der Waals surface area (Å²) in [4.78, 5) is 0. The number of hydrogen-bond donors (Lipinski definition) is 1. The zero-order valence-electron chi connectivity index (χ0n) is 10.5. The molecule has 1 nitrogen and oxygen atoms in total. The Morgan fingerprint density at radius 1 is 0.941 bits per heavy atom. The van der Waals surface area contributed by atoms with Crippen molar-refractivity contribution in [2.75, 3.05) is 13.6 Å². The lowest BCUT2D eigenvalue weighted by atomic mass is 10.0. The van der Waals surface area contributed by atoms with Gasteiger partial charge in [-0.15, -0.1) is 0 Å². The maximum Gasteiger partial charge on any atom is -0.00114 e. The number of aryl methyl sites for hydroxylation is 1. The summed E-state index contributed by atoms with van der Waals surface area (Å²) in [5, 5.41) is 3.18. The summed E-state index contributed by atoms with van der Waals surface area (Å²) < 4.78 is 0. The molecule has 1 N–H and O–H groups in total. The van der Waals surface area contributed by atoms with Gasteiger partial charge in [0.05, 0.1) is 0 Å². The van der Waals surface area contributed by atoms with Crippen molar-refractivity contribution >= 4 is 0 Å². The normalized spacial score (nSPS) is 10.5. The first-order chi connectivity index (χ1) is 8.29. The molecule has 0 aliphatic heterocycles. The first-order valence-corrected chi connectivity index (χ1v) is 6.10. The van der Waals surface area contributed by atoms with E-state index in [0.29, 0.717) is 0 Å². The van der Waals surface area contributed by atoms with Gasteiger partial charge in [0.25, 0.3) is 0 Å². The molecular weight excluding hydrogens is 206 g/mol. The Morgan fingerprint density at radius 2 is 1.71 bits per heavy atom. The molecule has 0 saturated carbocycles. The third kappa shape index (κ3) is 3.18. The quantitative estimate of drug-likeness (QED) is 0.840. The molecule has 0 amide bonds. The fraction of sp³-hybridized carbons (Fsp3) is 0.250. The minimum atomic E-state index is 1.03. The molecule has 2 aromatic carbocycles. The van der Waals surface area contributed by atoms with E-state index < -0.39 is 0 Å². The summed E-state index contributed by atoms with van der Waals surface area (Å²) in [5.41, 5.74) is 5.29. The molecule has 0 aromatic heterocycles. The van der Waals surface area contributed by atoms with Gasteiger partial charge in [-0.05, 0) is 43.6 Å². The minimum absolute atomic E-state index is 1.03. The van der Waals surface area contributed by atoms with Gasteiger partial charge in [0.15, 0.2) is 0 Å². The summed E-state index contributed by atoms with van der Waals surface area (Å²) in [6.07, 6.45) is 1.08. The second kappa shape index (κ2) is 5.65. The molecule has 0 spiro atoms. The minimum Gasteiger partial charge on any atom is -0.319 e. The lowest BCUT2D eigenvalue weighted by Crippen LogP contribution is -2.10. The van der Waals surface area contributed by atoms with Gasteiger partial charge in [0.2, 0.25) is 0 Å². The molecule has 17 heavy (non-hydrogen) atoms. The summed E-state index contributed by atoms with van der Waals surface area (Å²) in [7, 11) is 1.99. The Hall–Kier alpha value is -1.60. The Balaban J connectivity index is 2.23. The Labute approximate surface area is 103 Å². The van der Waals surface area contributed by atoms with Crippen molar-refractivity contribution in [1.29, 1.82) is 0 Å². The predicted octanol–water partition coefficient (Wildman–Crippen LogP) is 3.42. The summed E-state index contributed by atoms with van der Waals surface area (Å²) in [6, 6.07) is 17.5. The fourth-order valence-corrected chi connectivity index (χ4v) is 1.92. The van der Waals surface area contributed by atoms with E-state index in [9.17, 15) is 0 Å². The van der Waals surface area contributed by atoms with Crippen LogP contribution in [-0.4, -0.2) is 13.6 Å². The Bertz CT molecular complexity index is 471. The van der Waals surface area contributed by atoms with Crippen LogP contribution in [0.5, 0.6) is 0 Å². The number of nitrogens with one attached hydrogen (secondary N) is 1. The number of rotatable bonds is 4. The molecule has 2 rings (SSSR count). The first kappa shape index (κ1) is 11.9. The number of benzene rings is 2. The van der Waals surface area contributed by atoms with Crippen molar-refractivity contribution in [1.82, 2.24) is 5.32 Å². The van der Waals surface area contributed by atoms with Crippen LogP contribution in [0.25, 0.3) is 11.1 Å². The van der Waals surface area contributed by atoms with E-state index in [1.54, 1.807) is 0 Å². The molecule has 0 bridgehead atoms. The molecule has 0 unspecified atom stereocenters. The van der Waals surface area contributed by atoms with Crippen LogP contribution in [0.15, 0.2) is 48.5 Å². The van der Waals surface area contributed by atoms with Gasteiger partial charge in [0.1, 0.15) is 0 Å². The van der Waals surface area contributed by atoms with E-state index in [-0.39, 0.29) is 0 Å². The smallest absolute Gasteiger partial charge is 0.00114 e. The molecular formula is C16H19N. The van der Waals surface area contributed by atoms with Crippen LogP contribution in [0.3, 0.4) is 0 Å². The molecule has 0 heterocycles. The van der Waals surface area contributed by atoms with Crippen molar-refractivity contribution in [3.63, 3.8) is 0 Å². The highest BCUT2D eigenvalue weighted by atomic mass is 14.8. The maximum absolute atomic E-state index is 3.18. The van der Waals surface area contributed by atoms with Gasteiger partial charge >= 0.3 is 0 Å². The van der Waals surface area contributed by atoms with Crippen LogP contribution in [0.1, 0.15) is 11.1 Å². The lowest BCUT2D eigenvalue weighted by molar-refractivity contribution is 0.792. The Morgan fingerprint density at radius 3 is 2.41 bits per heavy atom. The van der Waals surface area contributed by atoms with E-state index in [1.807, 2.05) is 7.05 Å². The van der Waals surface area contributed by atoms with Gasteiger partial charge in [-0.1, -0.05) is 54.1 Å². The van der Waals surface area contributed by atoms with Crippen LogP contribution in [-0.2, 0) is 6.42 Å². The summed E-state index contributed by atoms with van der Waals surface area (Å²) in [6.45, 7) is 3.14. The van der Waals surface area contributed by atoms with Crippen LogP contribution >= 0.6 is 0 Å². The predicted molar refractivity (Wildman–Crippen MR) is 74.2 cm³/mol. The molecule has 1 heteroatoms.